The van der Waals surface area contributed by atoms with Crippen molar-refractivity contribution >= 4 is 11.8 Å². The maximum Gasteiger partial charge on any atom is 0.374 e. The molecule has 0 bridgehead atoms. The second-order valence-electron chi connectivity index (χ2n) is 12.3. The molecule has 1 N–H and O–H groups in total. The van der Waals surface area contributed by atoms with Gasteiger partial charge in [-0.15, -0.1) is 0 Å². The molecule has 0 aromatic carbocycles. The number of rotatable bonds is 16. The number of carbonyl (C=O) groups is 2. The highest BCUT2D eigenvalue weighted by Crippen LogP contribution is 2.36. The molecule has 2 saturated heterocycles. The number of aliphatic carboxylic acids is 1. The van der Waals surface area contributed by atoms with Crippen molar-refractivity contribution in [2.24, 2.45) is 17.3 Å². The molecule has 0 aromatic rings. The summed E-state index contributed by atoms with van der Waals surface area (Å²) in [6, 6.07) is 0. The first-order valence-electron chi connectivity index (χ1n) is 15.5. The Morgan fingerprint density at radius 2 is 1.69 bits per heavy atom. The van der Waals surface area contributed by atoms with Gasteiger partial charge in [0.15, 0.2) is 12.6 Å². The minimum Gasteiger partial charge on any atom is -0.475 e. The first kappa shape index (κ1) is 31.7. The van der Waals surface area contributed by atoms with Crippen LogP contribution in [0.3, 0.4) is 0 Å². The van der Waals surface area contributed by atoms with E-state index in [1.54, 1.807) is 0 Å². The Hall–Kier alpha value is -1.86. The summed E-state index contributed by atoms with van der Waals surface area (Å²) < 4.78 is 23.3. The molecule has 0 amide bonds. The smallest absolute Gasteiger partial charge is 0.374 e. The fraction of sp³-hybridized carbons (Fsp3) is 0.812. The molecule has 7 nitrogen and oxygen atoms in total. The zero-order chi connectivity index (χ0) is 28.1. The summed E-state index contributed by atoms with van der Waals surface area (Å²) in [5, 5.41) is 9.98. The van der Waals surface area contributed by atoms with Gasteiger partial charge < -0.3 is 24.1 Å². The van der Waals surface area contributed by atoms with Gasteiger partial charge in [-0.25, -0.2) is 4.79 Å². The molecule has 1 aliphatic carbocycles. The maximum absolute atomic E-state index is 12.7. The van der Waals surface area contributed by atoms with Gasteiger partial charge in [0.05, 0.1) is 13.2 Å². The van der Waals surface area contributed by atoms with Crippen LogP contribution in [-0.2, 0) is 28.5 Å². The van der Waals surface area contributed by atoms with Crippen molar-refractivity contribution in [2.45, 2.75) is 136 Å². The van der Waals surface area contributed by atoms with E-state index < -0.39 is 18.5 Å². The lowest BCUT2D eigenvalue weighted by Crippen LogP contribution is -2.27. The third kappa shape index (κ3) is 10.9. The fourth-order valence-electron chi connectivity index (χ4n) is 5.87. The third-order valence-corrected chi connectivity index (χ3v) is 8.33. The normalized spacial score (nSPS) is 27.0. The molecular formula is C32H52O7. The summed E-state index contributed by atoms with van der Waals surface area (Å²) in [5.74, 6) is -0.260. The SMILES string of the molecule is CCCCC(C)(C)C/C=C/[C@H]1CCC(=O)[C@@H]1CCCC/C(OC1CCCCO1)=C(\OC1CCCCO1)C(=O)O. The van der Waals surface area contributed by atoms with Crippen molar-refractivity contribution in [3.63, 3.8) is 0 Å². The lowest BCUT2D eigenvalue weighted by molar-refractivity contribution is -0.170. The first-order valence-corrected chi connectivity index (χ1v) is 15.5. The minimum atomic E-state index is -1.15. The Kier molecular flexibility index (Phi) is 13.3. The summed E-state index contributed by atoms with van der Waals surface area (Å²) in [4.78, 5) is 24.9. The standard InChI is InChI=1S/C32H52O7/c1-4-5-20-32(2,3)21-12-13-24-18-19-26(33)25(24)14-6-7-15-27(38-28-16-8-10-22-36-28)30(31(34)35)39-29-17-9-11-23-37-29/h12-13,24-25,28-29H,4-11,14-23H2,1-3H3,(H,34,35)/b13-12+,30-27+/t24-,25+,28?,29?/m0/s1. The fourth-order valence-corrected chi connectivity index (χ4v) is 5.87. The number of allylic oxidation sites excluding steroid dienone is 3. The molecule has 222 valence electrons. The summed E-state index contributed by atoms with van der Waals surface area (Å²) in [6.07, 6.45) is 18.0. The average molecular weight is 549 g/mol. The number of carboxylic acids is 1. The molecule has 4 atom stereocenters. The predicted molar refractivity (Wildman–Crippen MR) is 151 cm³/mol. The predicted octanol–water partition coefficient (Wildman–Crippen LogP) is 7.69. The van der Waals surface area contributed by atoms with Crippen LogP contribution < -0.4 is 0 Å². The van der Waals surface area contributed by atoms with E-state index in [1.165, 1.54) is 19.3 Å². The Bertz CT molecular complexity index is 818. The molecule has 0 spiro atoms. The van der Waals surface area contributed by atoms with Crippen molar-refractivity contribution in [1.82, 2.24) is 0 Å². The first-order chi connectivity index (χ1) is 18.8. The van der Waals surface area contributed by atoms with E-state index in [0.29, 0.717) is 55.4 Å². The van der Waals surface area contributed by atoms with Gasteiger partial charge in [-0.3, -0.25) is 4.79 Å². The van der Waals surface area contributed by atoms with Gasteiger partial charge in [-0.05, 0) is 69.1 Å². The van der Waals surface area contributed by atoms with Gasteiger partial charge in [0.1, 0.15) is 11.5 Å². The topological polar surface area (TPSA) is 91.3 Å². The summed E-state index contributed by atoms with van der Waals surface area (Å²) in [6.45, 7) is 8.06. The number of carboxylic acid groups (broad SMARTS) is 1. The molecule has 0 radical (unpaired) electrons. The van der Waals surface area contributed by atoms with Crippen molar-refractivity contribution < 1.29 is 33.6 Å². The molecule has 2 unspecified atom stereocenters. The van der Waals surface area contributed by atoms with Crippen molar-refractivity contribution in [2.75, 3.05) is 13.2 Å². The lowest BCUT2D eigenvalue weighted by atomic mass is 9.83. The van der Waals surface area contributed by atoms with E-state index >= 15 is 0 Å². The maximum atomic E-state index is 12.7. The van der Waals surface area contributed by atoms with Crippen molar-refractivity contribution in [3.05, 3.63) is 23.7 Å². The molecular weight excluding hydrogens is 496 g/mol. The van der Waals surface area contributed by atoms with Crippen LogP contribution >= 0.6 is 0 Å². The molecule has 2 aliphatic heterocycles. The highest BCUT2D eigenvalue weighted by Gasteiger charge is 2.33. The van der Waals surface area contributed by atoms with Crippen molar-refractivity contribution in [1.29, 1.82) is 0 Å². The highest BCUT2D eigenvalue weighted by atomic mass is 16.7. The average Bonchev–Trinajstić information content (AvgIpc) is 3.27. The van der Waals surface area contributed by atoms with E-state index in [2.05, 4.69) is 32.9 Å². The number of unbranched alkanes of at least 4 members (excludes halogenated alkanes) is 2. The van der Waals surface area contributed by atoms with Gasteiger partial charge in [0.2, 0.25) is 5.76 Å². The van der Waals surface area contributed by atoms with Crippen LogP contribution in [0, 0.1) is 17.3 Å². The summed E-state index contributed by atoms with van der Waals surface area (Å²) in [5.41, 5.74) is 0.294. The second-order valence-corrected chi connectivity index (χ2v) is 12.3. The molecule has 3 fully saturated rings. The van der Waals surface area contributed by atoms with E-state index in [4.69, 9.17) is 18.9 Å². The highest BCUT2D eigenvalue weighted by molar-refractivity contribution is 5.85. The van der Waals surface area contributed by atoms with Crippen LogP contribution in [0.4, 0.5) is 0 Å². The number of ketones is 1. The van der Waals surface area contributed by atoms with Crippen LogP contribution in [0.2, 0.25) is 0 Å². The van der Waals surface area contributed by atoms with Crippen LogP contribution in [-0.4, -0.2) is 42.7 Å². The monoisotopic (exact) mass is 548 g/mol. The Morgan fingerprint density at radius 1 is 1.00 bits per heavy atom. The van der Waals surface area contributed by atoms with Crippen molar-refractivity contribution in [3.8, 4) is 0 Å². The zero-order valence-corrected chi connectivity index (χ0v) is 24.6. The summed E-state index contributed by atoms with van der Waals surface area (Å²) in [7, 11) is 0. The number of Topliss-reactive ketones (excluding diaryl/α,β-unsaturated/α-hetero) is 1. The lowest BCUT2D eigenvalue weighted by Gasteiger charge is -2.28. The quantitative estimate of drug-likeness (QED) is 0.0915. The Balaban J connectivity index is 1.58. The number of hydrogen-bond acceptors (Lipinski definition) is 6. The number of carbonyl (C=O) groups excluding carboxylic acids is 1. The van der Waals surface area contributed by atoms with Crippen LogP contribution in [0.5, 0.6) is 0 Å². The van der Waals surface area contributed by atoms with E-state index in [0.717, 1.165) is 64.2 Å². The van der Waals surface area contributed by atoms with Gasteiger partial charge in [-0.2, -0.15) is 0 Å². The molecule has 1 saturated carbocycles. The molecule has 7 heteroatoms. The second kappa shape index (κ2) is 16.4. The van der Waals surface area contributed by atoms with E-state index in [9.17, 15) is 14.7 Å². The number of hydrogen-bond donors (Lipinski definition) is 1. The molecule has 39 heavy (non-hydrogen) atoms. The largest absolute Gasteiger partial charge is 0.475 e. The van der Waals surface area contributed by atoms with Crippen LogP contribution in [0.15, 0.2) is 23.7 Å². The zero-order valence-electron chi connectivity index (χ0n) is 24.6. The number of ether oxygens (including phenoxy) is 4. The minimum absolute atomic E-state index is 0.0564. The van der Waals surface area contributed by atoms with Gasteiger partial charge in [0.25, 0.3) is 0 Å². The van der Waals surface area contributed by atoms with Crippen LogP contribution in [0.25, 0.3) is 0 Å². The molecule has 3 aliphatic rings. The van der Waals surface area contributed by atoms with Gasteiger partial charge >= 0.3 is 5.97 Å². The van der Waals surface area contributed by atoms with Gasteiger partial charge in [-0.1, -0.05) is 52.2 Å². The third-order valence-electron chi connectivity index (χ3n) is 8.33. The Labute approximate surface area is 235 Å². The summed E-state index contributed by atoms with van der Waals surface area (Å²) >= 11 is 0. The van der Waals surface area contributed by atoms with E-state index in [-0.39, 0.29) is 11.7 Å². The van der Waals surface area contributed by atoms with Crippen LogP contribution in [0.1, 0.15) is 124 Å². The molecule has 0 aromatic heterocycles. The molecule has 2 heterocycles. The Morgan fingerprint density at radius 3 is 2.31 bits per heavy atom. The van der Waals surface area contributed by atoms with E-state index in [1.807, 2.05) is 0 Å². The van der Waals surface area contributed by atoms with Gasteiger partial charge in [0, 0.05) is 31.6 Å². The molecule has 3 rings (SSSR count).